The maximum atomic E-state index is 2.41. The first-order chi connectivity index (χ1) is 17.3. The van der Waals surface area contributed by atoms with Crippen molar-refractivity contribution in [2.45, 2.75) is 46.5 Å². The summed E-state index contributed by atoms with van der Waals surface area (Å²) in [6.07, 6.45) is 0. The molecule has 1 nitrogen and oxygen atoms in total. The third-order valence-corrected chi connectivity index (χ3v) is 7.43. The van der Waals surface area contributed by atoms with Crippen LogP contribution in [-0.2, 0) is 7.05 Å². The highest BCUT2D eigenvalue weighted by Gasteiger charge is 2.21. The normalized spacial score (nSPS) is 11.6. The molecular weight excluding hydrogens is 434 g/mol. The predicted molar refractivity (Wildman–Crippen MR) is 154 cm³/mol. The lowest BCUT2D eigenvalue weighted by Gasteiger charge is -2.23. The van der Waals surface area contributed by atoms with Gasteiger partial charge in [-0.25, -0.2) is 0 Å². The lowest BCUT2D eigenvalue weighted by atomic mass is 9.81. The highest BCUT2D eigenvalue weighted by Crippen LogP contribution is 2.41. The first kappa shape index (κ1) is 24.0. The Balaban J connectivity index is 1.74. The second kappa shape index (κ2) is 9.74. The molecule has 0 aliphatic rings. The van der Waals surface area contributed by atoms with Crippen molar-refractivity contribution in [1.29, 1.82) is 0 Å². The van der Waals surface area contributed by atoms with Crippen LogP contribution in [0.4, 0.5) is 0 Å². The van der Waals surface area contributed by atoms with Gasteiger partial charge in [0.05, 0.1) is 0 Å². The highest BCUT2D eigenvalue weighted by molar-refractivity contribution is 5.82. The van der Waals surface area contributed by atoms with Crippen molar-refractivity contribution in [3.63, 3.8) is 0 Å². The number of rotatable bonds is 5. The van der Waals surface area contributed by atoms with E-state index < -0.39 is 0 Å². The van der Waals surface area contributed by atoms with E-state index in [0.717, 1.165) is 0 Å². The van der Waals surface area contributed by atoms with E-state index in [4.69, 9.17) is 0 Å². The molecule has 5 rings (SSSR count). The summed E-state index contributed by atoms with van der Waals surface area (Å²) in [5.74, 6) is 0.838. The molecular formula is C35H36N+. The average Bonchev–Trinajstić information content (AvgIpc) is 2.89. The first-order valence-electron chi connectivity index (χ1n) is 13.1. The van der Waals surface area contributed by atoms with Gasteiger partial charge in [0.1, 0.15) is 7.05 Å². The standard InChI is InChI=1S/C35H36N/c1-23(2)30-21-29(26-12-8-7-9-13-26)22-31(24(3)4)35(30)28-17-16-25(5)32(20-28)34-19-18-27-14-10-11-15-33(27)36(34)6/h7-24H,1-6H3/q+1. The van der Waals surface area contributed by atoms with Crippen LogP contribution in [0, 0.1) is 6.92 Å². The number of para-hydroxylation sites is 1. The molecule has 0 fully saturated rings. The number of hydrogen-bond acceptors (Lipinski definition) is 0. The molecule has 5 aromatic rings. The number of benzene rings is 4. The first-order valence-corrected chi connectivity index (χ1v) is 13.1. The van der Waals surface area contributed by atoms with Gasteiger partial charge in [-0.15, -0.1) is 0 Å². The molecule has 0 saturated carbocycles. The van der Waals surface area contributed by atoms with E-state index in [9.17, 15) is 0 Å². The van der Waals surface area contributed by atoms with E-state index in [1.54, 1.807) is 0 Å². The molecule has 0 amide bonds. The number of hydrogen-bond donors (Lipinski definition) is 0. The van der Waals surface area contributed by atoms with E-state index in [2.05, 4.69) is 143 Å². The minimum atomic E-state index is 0.419. The van der Waals surface area contributed by atoms with Crippen LogP contribution in [-0.4, -0.2) is 0 Å². The molecule has 1 aromatic heterocycles. The molecule has 0 aliphatic heterocycles. The van der Waals surface area contributed by atoms with Gasteiger partial charge >= 0.3 is 0 Å². The van der Waals surface area contributed by atoms with Gasteiger partial charge in [0.2, 0.25) is 11.2 Å². The van der Waals surface area contributed by atoms with Crippen LogP contribution >= 0.6 is 0 Å². The smallest absolute Gasteiger partial charge is 0.194 e. The molecule has 36 heavy (non-hydrogen) atoms. The van der Waals surface area contributed by atoms with Crippen LogP contribution in [0.25, 0.3) is 44.4 Å². The van der Waals surface area contributed by atoms with E-state index in [0.29, 0.717) is 11.8 Å². The Morgan fingerprint density at radius 3 is 1.89 bits per heavy atom. The summed E-state index contributed by atoms with van der Waals surface area (Å²) in [5, 5.41) is 1.26. The number of nitrogens with zero attached hydrogens (tertiary/aromatic N) is 1. The molecule has 0 spiro atoms. The van der Waals surface area contributed by atoms with Crippen LogP contribution < -0.4 is 4.57 Å². The highest BCUT2D eigenvalue weighted by atomic mass is 14.9. The maximum Gasteiger partial charge on any atom is 0.213 e. The molecule has 0 radical (unpaired) electrons. The largest absolute Gasteiger partial charge is 0.213 e. The topological polar surface area (TPSA) is 3.88 Å². The van der Waals surface area contributed by atoms with Gasteiger partial charge in [-0.1, -0.05) is 94.4 Å². The zero-order valence-corrected chi connectivity index (χ0v) is 22.3. The monoisotopic (exact) mass is 470 g/mol. The van der Waals surface area contributed by atoms with E-state index in [-0.39, 0.29) is 0 Å². The zero-order chi connectivity index (χ0) is 25.4. The summed E-state index contributed by atoms with van der Waals surface area (Å²) in [6.45, 7) is 11.5. The van der Waals surface area contributed by atoms with Crippen molar-refractivity contribution >= 4 is 10.9 Å². The lowest BCUT2D eigenvalue weighted by molar-refractivity contribution is -0.633. The molecule has 4 aromatic carbocycles. The van der Waals surface area contributed by atoms with Crippen molar-refractivity contribution in [2.75, 3.05) is 0 Å². The molecule has 0 atom stereocenters. The van der Waals surface area contributed by atoms with Crippen molar-refractivity contribution in [3.8, 4) is 33.5 Å². The lowest BCUT2D eigenvalue weighted by Crippen LogP contribution is -2.32. The number of aryl methyl sites for hydroxylation is 2. The summed E-state index contributed by atoms with van der Waals surface area (Å²) in [5.41, 5.74) is 13.2. The van der Waals surface area contributed by atoms with E-state index in [1.165, 1.54) is 61.1 Å². The molecule has 0 saturated heterocycles. The minimum absolute atomic E-state index is 0.419. The van der Waals surface area contributed by atoms with Crippen LogP contribution in [0.5, 0.6) is 0 Å². The summed E-state index contributed by atoms with van der Waals surface area (Å²) in [6, 6.07) is 35.7. The van der Waals surface area contributed by atoms with Crippen LogP contribution in [0.1, 0.15) is 56.2 Å². The van der Waals surface area contributed by atoms with Gasteiger partial charge < -0.3 is 0 Å². The summed E-state index contributed by atoms with van der Waals surface area (Å²) >= 11 is 0. The van der Waals surface area contributed by atoms with Crippen molar-refractivity contribution in [1.82, 2.24) is 0 Å². The molecule has 1 heterocycles. The van der Waals surface area contributed by atoms with Gasteiger partial charge in [0.25, 0.3) is 0 Å². The van der Waals surface area contributed by atoms with Crippen molar-refractivity contribution < 1.29 is 4.57 Å². The fraction of sp³-hybridized carbons (Fsp3) is 0.229. The Morgan fingerprint density at radius 2 is 1.22 bits per heavy atom. The maximum absolute atomic E-state index is 2.41. The molecule has 1 heteroatoms. The molecule has 180 valence electrons. The third kappa shape index (κ3) is 4.35. The zero-order valence-electron chi connectivity index (χ0n) is 22.3. The predicted octanol–water partition coefficient (Wildman–Crippen LogP) is 9.22. The van der Waals surface area contributed by atoms with Gasteiger partial charge in [-0.2, -0.15) is 4.57 Å². The second-order valence-corrected chi connectivity index (χ2v) is 10.6. The Hall–Kier alpha value is -3.71. The van der Waals surface area contributed by atoms with Gasteiger partial charge in [0.15, 0.2) is 0 Å². The Labute approximate surface area is 216 Å². The Kier molecular flexibility index (Phi) is 6.49. The molecule has 0 N–H and O–H groups in total. The quantitative estimate of drug-likeness (QED) is 0.225. The molecule has 0 unspecified atom stereocenters. The van der Waals surface area contributed by atoms with Crippen molar-refractivity contribution in [2.24, 2.45) is 7.05 Å². The van der Waals surface area contributed by atoms with Gasteiger partial charge in [-0.05, 0) is 75.9 Å². The molecule has 0 aliphatic carbocycles. The minimum Gasteiger partial charge on any atom is -0.194 e. The number of pyridine rings is 1. The fourth-order valence-corrected chi connectivity index (χ4v) is 5.40. The third-order valence-electron chi connectivity index (χ3n) is 7.43. The second-order valence-electron chi connectivity index (χ2n) is 10.6. The van der Waals surface area contributed by atoms with Crippen LogP contribution in [0.2, 0.25) is 0 Å². The van der Waals surface area contributed by atoms with Gasteiger partial charge in [0, 0.05) is 23.1 Å². The van der Waals surface area contributed by atoms with Crippen LogP contribution in [0.3, 0.4) is 0 Å². The number of aromatic nitrogens is 1. The van der Waals surface area contributed by atoms with Gasteiger partial charge in [-0.3, -0.25) is 0 Å². The summed E-state index contributed by atoms with van der Waals surface area (Å²) in [7, 11) is 2.18. The number of fused-ring (bicyclic) bond motifs is 1. The SMILES string of the molecule is Cc1ccc(-c2c(C(C)C)cc(-c3ccccc3)cc2C(C)C)cc1-c1ccc2ccccc2[n+]1C. The van der Waals surface area contributed by atoms with E-state index >= 15 is 0 Å². The summed E-state index contributed by atoms with van der Waals surface area (Å²) in [4.78, 5) is 0. The van der Waals surface area contributed by atoms with Crippen LogP contribution in [0.15, 0.2) is 97.1 Å². The fourth-order valence-electron chi connectivity index (χ4n) is 5.40. The molecule has 0 bridgehead atoms. The average molecular weight is 471 g/mol. The summed E-state index contributed by atoms with van der Waals surface area (Å²) < 4.78 is 2.33. The Morgan fingerprint density at radius 1 is 0.583 bits per heavy atom. The van der Waals surface area contributed by atoms with Crippen molar-refractivity contribution in [3.05, 3.63) is 114 Å². The Bertz CT molecular complexity index is 1510. The van der Waals surface area contributed by atoms with E-state index in [1.807, 2.05) is 0 Å².